The van der Waals surface area contributed by atoms with Gasteiger partial charge in [-0.3, -0.25) is 4.79 Å². The molecular weight excluding hydrogens is 243 g/mol. The number of nitrogens with one attached hydrogen (secondary N) is 1. The van der Waals surface area contributed by atoms with Gasteiger partial charge in [0.05, 0.1) is 11.6 Å². The van der Waals surface area contributed by atoms with Crippen molar-refractivity contribution in [2.24, 2.45) is 0 Å². The molecule has 90 valence electrons. The fourth-order valence-electron chi connectivity index (χ4n) is 1.19. The van der Waals surface area contributed by atoms with Crippen LogP contribution in [0.4, 0.5) is 4.39 Å². The average molecular weight is 255 g/mol. The van der Waals surface area contributed by atoms with Crippen LogP contribution in [0, 0.1) is 17.1 Å². The molecule has 0 aliphatic rings. The van der Waals surface area contributed by atoms with Crippen LogP contribution in [0.1, 0.15) is 30.6 Å². The number of carbonyl (C=O) groups is 1. The fourth-order valence-corrected chi connectivity index (χ4v) is 1.35. The number of benzene rings is 1. The molecular formula is C12H12ClFN2O. The number of halogens is 2. The van der Waals surface area contributed by atoms with Gasteiger partial charge in [-0.25, -0.2) is 4.39 Å². The second-order valence-corrected chi connectivity index (χ2v) is 4.31. The van der Waals surface area contributed by atoms with E-state index in [9.17, 15) is 9.18 Å². The summed E-state index contributed by atoms with van der Waals surface area (Å²) in [7, 11) is 0. The number of hydrogen-bond donors (Lipinski definition) is 1. The molecule has 5 heteroatoms. The second kappa shape index (κ2) is 5.15. The first-order chi connectivity index (χ1) is 7.91. The number of carbonyl (C=O) groups excluding carboxylic acids is 1. The van der Waals surface area contributed by atoms with E-state index in [1.165, 1.54) is 12.1 Å². The number of nitriles is 1. The van der Waals surface area contributed by atoms with Crippen molar-refractivity contribution in [1.82, 2.24) is 5.32 Å². The van der Waals surface area contributed by atoms with Gasteiger partial charge in [-0.1, -0.05) is 18.5 Å². The van der Waals surface area contributed by atoms with Crippen molar-refractivity contribution in [3.8, 4) is 6.07 Å². The van der Waals surface area contributed by atoms with Crippen molar-refractivity contribution < 1.29 is 9.18 Å². The molecule has 1 atom stereocenters. The maximum absolute atomic E-state index is 13.5. The first-order valence-corrected chi connectivity index (χ1v) is 5.48. The van der Waals surface area contributed by atoms with Crippen molar-refractivity contribution >= 4 is 17.5 Å². The van der Waals surface area contributed by atoms with Crippen molar-refractivity contribution in [2.45, 2.75) is 25.8 Å². The van der Waals surface area contributed by atoms with Crippen LogP contribution < -0.4 is 5.32 Å². The summed E-state index contributed by atoms with van der Waals surface area (Å²) in [6, 6.07) is 5.76. The number of rotatable bonds is 3. The number of nitrogens with zero attached hydrogens (tertiary/aromatic N) is 1. The third-order valence-corrected chi connectivity index (χ3v) is 2.75. The smallest absolute Gasteiger partial charge is 0.255 e. The molecule has 0 unspecified atom stereocenters. The predicted octanol–water partition coefficient (Wildman–Crippen LogP) is 2.90. The Balaban J connectivity index is 2.95. The minimum absolute atomic E-state index is 0.121. The van der Waals surface area contributed by atoms with E-state index in [1.54, 1.807) is 13.8 Å². The summed E-state index contributed by atoms with van der Waals surface area (Å²) >= 11 is 5.59. The standard InChI is InChI=1S/C12H12ClFN2O/c1-3-12(2,7-15)16-11(17)9-5-4-8(13)6-10(9)14/h4-6H,3H2,1-2H3,(H,16,17)/t12-/m1/s1. The Bertz CT molecular complexity index is 484. The van der Waals surface area contributed by atoms with Crippen LogP contribution in [-0.4, -0.2) is 11.4 Å². The van der Waals surface area contributed by atoms with E-state index in [2.05, 4.69) is 5.32 Å². The molecule has 0 heterocycles. The maximum atomic E-state index is 13.5. The molecule has 1 rings (SSSR count). The SMILES string of the molecule is CC[C@](C)(C#N)NC(=O)c1ccc(Cl)cc1F. The molecule has 1 aromatic rings. The van der Waals surface area contributed by atoms with E-state index in [1.807, 2.05) is 6.07 Å². The summed E-state index contributed by atoms with van der Waals surface area (Å²) in [6.45, 7) is 3.35. The van der Waals surface area contributed by atoms with Crippen molar-refractivity contribution in [2.75, 3.05) is 0 Å². The fraction of sp³-hybridized carbons (Fsp3) is 0.333. The molecule has 0 fully saturated rings. The predicted molar refractivity (Wildman–Crippen MR) is 63.2 cm³/mol. The monoisotopic (exact) mass is 254 g/mol. The molecule has 0 aliphatic carbocycles. The maximum Gasteiger partial charge on any atom is 0.255 e. The van der Waals surface area contributed by atoms with E-state index in [-0.39, 0.29) is 10.6 Å². The molecule has 0 spiro atoms. The van der Waals surface area contributed by atoms with Gasteiger partial charge in [0.1, 0.15) is 11.4 Å². The molecule has 0 saturated heterocycles. The zero-order valence-corrected chi connectivity index (χ0v) is 10.3. The van der Waals surface area contributed by atoms with Gasteiger partial charge in [0.2, 0.25) is 0 Å². The van der Waals surface area contributed by atoms with Gasteiger partial charge in [-0.2, -0.15) is 5.26 Å². The quantitative estimate of drug-likeness (QED) is 0.902. The Kier molecular flexibility index (Phi) is 4.08. The topological polar surface area (TPSA) is 52.9 Å². The van der Waals surface area contributed by atoms with E-state index < -0.39 is 17.3 Å². The van der Waals surface area contributed by atoms with E-state index in [4.69, 9.17) is 16.9 Å². The van der Waals surface area contributed by atoms with Crippen molar-refractivity contribution in [3.63, 3.8) is 0 Å². The van der Waals surface area contributed by atoms with Crippen molar-refractivity contribution in [3.05, 3.63) is 34.6 Å². The lowest BCUT2D eigenvalue weighted by atomic mass is 10.0. The Hall–Kier alpha value is -1.60. The zero-order chi connectivity index (χ0) is 13.1. The van der Waals surface area contributed by atoms with Gasteiger partial charge in [-0.05, 0) is 31.5 Å². The Morgan fingerprint density at radius 3 is 2.76 bits per heavy atom. The molecule has 0 saturated carbocycles. The summed E-state index contributed by atoms with van der Waals surface area (Å²) in [5.41, 5.74) is -1.12. The molecule has 3 nitrogen and oxygen atoms in total. The molecule has 0 radical (unpaired) electrons. The third kappa shape index (κ3) is 3.18. The van der Waals surface area contributed by atoms with Crippen molar-refractivity contribution in [1.29, 1.82) is 5.26 Å². The molecule has 0 aliphatic heterocycles. The van der Waals surface area contributed by atoms with E-state index in [0.29, 0.717) is 6.42 Å². The lowest BCUT2D eigenvalue weighted by Crippen LogP contribution is -2.44. The van der Waals surface area contributed by atoms with E-state index in [0.717, 1.165) is 6.07 Å². The van der Waals surface area contributed by atoms with Gasteiger partial charge >= 0.3 is 0 Å². The highest BCUT2D eigenvalue weighted by atomic mass is 35.5. The number of amides is 1. The van der Waals surface area contributed by atoms with Gasteiger partial charge < -0.3 is 5.32 Å². The molecule has 1 N–H and O–H groups in total. The van der Waals surface area contributed by atoms with Gasteiger partial charge in [0, 0.05) is 5.02 Å². The Labute approximate surface area is 104 Å². The highest BCUT2D eigenvalue weighted by molar-refractivity contribution is 6.30. The highest BCUT2D eigenvalue weighted by Crippen LogP contribution is 2.16. The summed E-state index contributed by atoms with van der Waals surface area (Å²) in [5.74, 6) is -1.32. The van der Waals surface area contributed by atoms with Crippen LogP contribution >= 0.6 is 11.6 Å². The minimum atomic E-state index is -0.997. The van der Waals surface area contributed by atoms with Crippen LogP contribution in [0.25, 0.3) is 0 Å². The van der Waals surface area contributed by atoms with Crippen LogP contribution in [0.15, 0.2) is 18.2 Å². The summed E-state index contributed by atoms with van der Waals surface area (Å²) < 4.78 is 13.5. The second-order valence-electron chi connectivity index (χ2n) is 3.88. The molecule has 1 aromatic carbocycles. The summed E-state index contributed by atoms with van der Waals surface area (Å²) in [5, 5.41) is 11.6. The largest absolute Gasteiger partial charge is 0.334 e. The Morgan fingerprint density at radius 2 is 2.29 bits per heavy atom. The first-order valence-electron chi connectivity index (χ1n) is 5.10. The minimum Gasteiger partial charge on any atom is -0.334 e. The average Bonchev–Trinajstić information content (AvgIpc) is 2.28. The van der Waals surface area contributed by atoms with Gasteiger partial charge in [0.25, 0.3) is 5.91 Å². The summed E-state index contributed by atoms with van der Waals surface area (Å²) in [6.07, 6.45) is 0.435. The molecule has 0 aromatic heterocycles. The number of hydrogen-bond acceptors (Lipinski definition) is 2. The van der Waals surface area contributed by atoms with Crippen LogP contribution in [-0.2, 0) is 0 Å². The van der Waals surface area contributed by atoms with Crippen LogP contribution in [0.2, 0.25) is 5.02 Å². The van der Waals surface area contributed by atoms with Gasteiger partial charge in [0.15, 0.2) is 0 Å². The third-order valence-electron chi connectivity index (χ3n) is 2.52. The molecule has 17 heavy (non-hydrogen) atoms. The first kappa shape index (κ1) is 13.5. The van der Waals surface area contributed by atoms with E-state index >= 15 is 0 Å². The normalized spacial score (nSPS) is 13.6. The lowest BCUT2D eigenvalue weighted by molar-refractivity contribution is 0.0919. The highest BCUT2D eigenvalue weighted by Gasteiger charge is 2.25. The zero-order valence-electron chi connectivity index (χ0n) is 9.55. The summed E-state index contributed by atoms with van der Waals surface area (Å²) in [4.78, 5) is 11.8. The van der Waals surface area contributed by atoms with Crippen LogP contribution in [0.5, 0.6) is 0 Å². The Morgan fingerprint density at radius 1 is 1.65 bits per heavy atom. The van der Waals surface area contributed by atoms with Crippen LogP contribution in [0.3, 0.4) is 0 Å². The molecule has 1 amide bonds. The lowest BCUT2D eigenvalue weighted by Gasteiger charge is -2.21. The molecule has 0 bridgehead atoms. The van der Waals surface area contributed by atoms with Gasteiger partial charge in [-0.15, -0.1) is 0 Å².